The Hall–Kier alpha value is -2.15. The summed E-state index contributed by atoms with van der Waals surface area (Å²) in [6.45, 7) is 1.79. The number of halogens is 1. The number of thiazole rings is 1. The third kappa shape index (κ3) is 4.03. The molecule has 0 saturated carbocycles. The Morgan fingerprint density at radius 1 is 1.38 bits per heavy atom. The highest BCUT2D eigenvalue weighted by atomic mass is 35.5. The molecule has 0 aliphatic carbocycles. The molecule has 0 saturated heterocycles. The van der Waals surface area contributed by atoms with Crippen molar-refractivity contribution in [3.63, 3.8) is 0 Å². The van der Waals surface area contributed by atoms with E-state index in [2.05, 4.69) is 10.3 Å². The Labute approximate surface area is 147 Å². The highest BCUT2D eigenvalue weighted by Crippen LogP contribution is 2.26. The summed E-state index contributed by atoms with van der Waals surface area (Å²) in [6, 6.07) is 12.4. The molecule has 0 radical (unpaired) electrons. The van der Waals surface area contributed by atoms with Crippen LogP contribution in [0.4, 0.5) is 0 Å². The van der Waals surface area contributed by atoms with Crippen LogP contribution >= 0.6 is 22.9 Å². The lowest BCUT2D eigenvalue weighted by Crippen LogP contribution is -2.31. The molecular formula is C17H15ClN2O3S. The molecule has 0 bridgehead atoms. The number of ether oxygens (including phenoxy) is 1. The number of nitrogens with one attached hydrogen (secondary N) is 1. The topological polar surface area (TPSA) is 71.5 Å². The molecule has 1 atom stereocenters. The molecule has 1 heterocycles. The summed E-state index contributed by atoms with van der Waals surface area (Å²) in [7, 11) is 0. The molecule has 5 nitrogen and oxygen atoms in total. The van der Waals surface area contributed by atoms with Crippen molar-refractivity contribution < 1.29 is 14.6 Å². The molecule has 2 N–H and O–H groups in total. The molecule has 1 amide bonds. The molecule has 0 aliphatic rings. The first kappa shape index (κ1) is 16.7. The number of aliphatic hydroxyl groups excluding tert-OH is 1. The van der Waals surface area contributed by atoms with Crippen molar-refractivity contribution in [2.75, 3.05) is 0 Å². The van der Waals surface area contributed by atoms with Gasteiger partial charge in [0.05, 0.1) is 10.2 Å². The lowest BCUT2D eigenvalue weighted by Gasteiger charge is -2.09. The van der Waals surface area contributed by atoms with Crippen LogP contribution in [0.3, 0.4) is 0 Å². The lowest BCUT2D eigenvalue weighted by molar-refractivity contribution is 0.0818. The van der Waals surface area contributed by atoms with Crippen LogP contribution in [0.15, 0.2) is 42.5 Å². The number of hydrogen-bond acceptors (Lipinski definition) is 5. The summed E-state index contributed by atoms with van der Waals surface area (Å²) in [6.07, 6.45) is -0.906. The summed E-state index contributed by atoms with van der Waals surface area (Å²) in [5, 5.41) is 13.1. The van der Waals surface area contributed by atoms with E-state index in [4.69, 9.17) is 16.3 Å². The van der Waals surface area contributed by atoms with Crippen LogP contribution in [0.25, 0.3) is 10.2 Å². The normalized spacial score (nSPS) is 12.1. The van der Waals surface area contributed by atoms with Crippen molar-refractivity contribution in [3.8, 4) is 5.75 Å². The summed E-state index contributed by atoms with van der Waals surface area (Å²) in [5.74, 6) is 0.204. The maximum absolute atomic E-state index is 11.9. The van der Waals surface area contributed by atoms with Gasteiger partial charge in [-0.2, -0.15) is 0 Å². The van der Waals surface area contributed by atoms with Gasteiger partial charge < -0.3 is 15.2 Å². The fourth-order valence-corrected chi connectivity index (χ4v) is 3.18. The highest BCUT2D eigenvalue weighted by Gasteiger charge is 2.09. The summed E-state index contributed by atoms with van der Waals surface area (Å²) < 4.78 is 6.76. The van der Waals surface area contributed by atoms with Gasteiger partial charge in [0.1, 0.15) is 23.6 Å². The second-order valence-electron chi connectivity index (χ2n) is 5.19. The molecule has 124 valence electrons. The van der Waals surface area contributed by atoms with E-state index in [1.165, 1.54) is 18.3 Å². The molecule has 1 aromatic heterocycles. The van der Waals surface area contributed by atoms with Crippen molar-refractivity contribution in [2.24, 2.45) is 0 Å². The molecule has 24 heavy (non-hydrogen) atoms. The first-order valence-corrected chi connectivity index (χ1v) is 8.47. The molecular weight excluding hydrogens is 348 g/mol. The Morgan fingerprint density at radius 3 is 3.00 bits per heavy atom. The molecule has 7 heteroatoms. The molecule has 2 aromatic carbocycles. The number of nitrogens with zero attached hydrogens (tertiary/aromatic N) is 1. The van der Waals surface area contributed by atoms with E-state index in [0.717, 1.165) is 15.2 Å². The molecule has 0 fully saturated rings. The smallest absolute Gasteiger partial charge is 0.253 e. The monoisotopic (exact) mass is 362 g/mol. The van der Waals surface area contributed by atoms with Gasteiger partial charge >= 0.3 is 0 Å². The number of benzene rings is 2. The molecule has 0 aliphatic heterocycles. The van der Waals surface area contributed by atoms with Crippen LogP contribution in [-0.4, -0.2) is 22.2 Å². The van der Waals surface area contributed by atoms with Gasteiger partial charge in [0.2, 0.25) is 0 Å². The van der Waals surface area contributed by atoms with Crippen LogP contribution in [0.5, 0.6) is 5.75 Å². The van der Waals surface area contributed by atoms with Crippen molar-refractivity contribution >= 4 is 39.1 Å². The van der Waals surface area contributed by atoms with Crippen LogP contribution in [0.2, 0.25) is 5.02 Å². The SMILES string of the molecule is CC(O)NC(=O)c1cccc(OCc2nc3cc(Cl)ccc3s2)c1. The van der Waals surface area contributed by atoms with Gasteiger partial charge in [-0.25, -0.2) is 4.98 Å². The van der Waals surface area contributed by atoms with Gasteiger partial charge in [0, 0.05) is 10.6 Å². The third-order valence-corrected chi connectivity index (χ3v) is 4.44. The fraction of sp³-hybridized carbons (Fsp3) is 0.176. The standard InChI is InChI=1S/C17H15ClN2O3S/c1-10(21)19-17(22)11-3-2-4-13(7-11)23-9-16-20-14-8-12(18)5-6-15(14)24-16/h2-8,10,21H,9H2,1H3,(H,19,22). The number of carbonyl (C=O) groups excluding carboxylic acids is 1. The van der Waals surface area contributed by atoms with Crippen molar-refractivity contribution in [2.45, 2.75) is 19.8 Å². The Bertz CT molecular complexity index is 879. The Balaban J connectivity index is 1.70. The largest absolute Gasteiger partial charge is 0.486 e. The lowest BCUT2D eigenvalue weighted by atomic mass is 10.2. The van der Waals surface area contributed by atoms with Crippen LogP contribution in [-0.2, 0) is 6.61 Å². The second-order valence-corrected chi connectivity index (χ2v) is 6.74. The maximum Gasteiger partial charge on any atom is 0.253 e. The van der Waals surface area contributed by atoms with E-state index in [1.54, 1.807) is 24.3 Å². The van der Waals surface area contributed by atoms with Crippen molar-refractivity contribution in [1.82, 2.24) is 10.3 Å². The number of rotatable bonds is 5. The third-order valence-electron chi connectivity index (χ3n) is 3.19. The van der Waals surface area contributed by atoms with Gasteiger partial charge in [0.25, 0.3) is 5.91 Å². The van der Waals surface area contributed by atoms with Crippen LogP contribution < -0.4 is 10.1 Å². The number of aliphatic hydroxyl groups is 1. The van der Waals surface area contributed by atoms with Crippen LogP contribution in [0, 0.1) is 0 Å². The second kappa shape index (κ2) is 7.17. The quantitative estimate of drug-likeness (QED) is 0.680. The van der Waals surface area contributed by atoms with Crippen molar-refractivity contribution in [1.29, 1.82) is 0 Å². The zero-order valence-corrected chi connectivity index (χ0v) is 14.4. The highest BCUT2D eigenvalue weighted by molar-refractivity contribution is 7.18. The minimum Gasteiger partial charge on any atom is -0.486 e. The van der Waals surface area contributed by atoms with E-state index in [1.807, 2.05) is 18.2 Å². The van der Waals surface area contributed by atoms with E-state index in [-0.39, 0.29) is 5.91 Å². The summed E-state index contributed by atoms with van der Waals surface area (Å²) in [4.78, 5) is 16.4. The summed E-state index contributed by atoms with van der Waals surface area (Å²) >= 11 is 7.50. The molecule has 3 rings (SSSR count). The maximum atomic E-state index is 11.9. The van der Waals surface area contributed by atoms with Gasteiger partial charge in [-0.15, -0.1) is 11.3 Å². The fourth-order valence-electron chi connectivity index (χ4n) is 2.16. The Morgan fingerprint density at radius 2 is 2.21 bits per heavy atom. The van der Waals surface area contributed by atoms with Crippen LogP contribution in [0.1, 0.15) is 22.3 Å². The molecule has 3 aromatic rings. The van der Waals surface area contributed by atoms with Gasteiger partial charge in [0.15, 0.2) is 0 Å². The van der Waals surface area contributed by atoms with Gasteiger partial charge in [-0.05, 0) is 43.3 Å². The predicted octanol–water partition coefficient (Wildman–Crippen LogP) is 3.60. The van der Waals surface area contributed by atoms with Gasteiger partial charge in [-0.1, -0.05) is 17.7 Å². The van der Waals surface area contributed by atoms with E-state index < -0.39 is 6.23 Å². The molecule has 1 unspecified atom stereocenters. The summed E-state index contributed by atoms with van der Waals surface area (Å²) in [5.41, 5.74) is 1.26. The molecule has 0 spiro atoms. The average Bonchev–Trinajstić information content (AvgIpc) is 2.94. The zero-order valence-electron chi connectivity index (χ0n) is 12.8. The minimum absolute atomic E-state index is 0.304. The average molecular weight is 363 g/mol. The van der Waals surface area contributed by atoms with E-state index >= 15 is 0 Å². The van der Waals surface area contributed by atoms with E-state index in [0.29, 0.717) is 22.9 Å². The minimum atomic E-state index is -0.906. The first-order chi connectivity index (χ1) is 11.5. The first-order valence-electron chi connectivity index (χ1n) is 7.28. The van der Waals surface area contributed by atoms with Crippen molar-refractivity contribution in [3.05, 3.63) is 58.1 Å². The number of aromatic nitrogens is 1. The number of carbonyl (C=O) groups is 1. The number of fused-ring (bicyclic) bond motifs is 1. The zero-order chi connectivity index (χ0) is 17.1. The number of amides is 1. The van der Waals surface area contributed by atoms with E-state index in [9.17, 15) is 9.90 Å². The predicted molar refractivity (Wildman–Crippen MR) is 94.6 cm³/mol. The van der Waals surface area contributed by atoms with Gasteiger partial charge in [-0.3, -0.25) is 4.79 Å². The Kier molecular flexibility index (Phi) is 4.99. The number of hydrogen-bond donors (Lipinski definition) is 2.